The van der Waals surface area contributed by atoms with Gasteiger partial charge in [-0.15, -0.1) is 0 Å². The topological polar surface area (TPSA) is 37.0 Å². The van der Waals surface area contributed by atoms with Gasteiger partial charge in [-0.2, -0.15) is 0 Å². The molecule has 2 N–H and O–H groups in total. The third-order valence-corrected chi connectivity index (χ3v) is 3.57. The van der Waals surface area contributed by atoms with E-state index in [9.17, 15) is 0 Å². The highest BCUT2D eigenvalue weighted by molar-refractivity contribution is 9.10. The fourth-order valence-electron chi connectivity index (χ4n) is 1.79. The van der Waals surface area contributed by atoms with E-state index in [-0.39, 0.29) is 0 Å². The summed E-state index contributed by atoms with van der Waals surface area (Å²) in [6.07, 6.45) is 4.21. The Kier molecular flexibility index (Phi) is 3.59. The van der Waals surface area contributed by atoms with E-state index in [1.807, 2.05) is 6.20 Å². The SMILES string of the molecule is Cc1cc(NC2CCNCC2)ncc1Br. The minimum atomic E-state index is 0.569. The van der Waals surface area contributed by atoms with Crippen LogP contribution in [0.2, 0.25) is 0 Å². The molecule has 1 aliphatic rings. The second-order valence-corrected chi connectivity index (χ2v) is 4.84. The number of aromatic nitrogens is 1. The molecule has 1 fully saturated rings. The second kappa shape index (κ2) is 4.94. The van der Waals surface area contributed by atoms with Crippen LogP contribution in [0.5, 0.6) is 0 Å². The van der Waals surface area contributed by atoms with Crippen LogP contribution in [-0.2, 0) is 0 Å². The van der Waals surface area contributed by atoms with Crippen molar-refractivity contribution in [2.75, 3.05) is 18.4 Å². The number of aryl methyl sites for hydroxylation is 1. The number of rotatable bonds is 2. The van der Waals surface area contributed by atoms with Gasteiger partial charge in [0, 0.05) is 16.7 Å². The van der Waals surface area contributed by atoms with Gasteiger partial charge in [-0.3, -0.25) is 0 Å². The summed E-state index contributed by atoms with van der Waals surface area (Å²) in [4.78, 5) is 4.35. The van der Waals surface area contributed by atoms with Gasteiger partial charge in [0.15, 0.2) is 0 Å². The van der Waals surface area contributed by atoms with E-state index in [0.717, 1.165) is 23.4 Å². The number of piperidine rings is 1. The molecule has 15 heavy (non-hydrogen) atoms. The Morgan fingerprint density at radius 3 is 2.87 bits per heavy atom. The van der Waals surface area contributed by atoms with Crippen LogP contribution in [0.25, 0.3) is 0 Å². The predicted molar refractivity (Wildman–Crippen MR) is 66.2 cm³/mol. The molecule has 2 heterocycles. The first-order chi connectivity index (χ1) is 7.25. The lowest BCUT2D eigenvalue weighted by Crippen LogP contribution is -2.35. The normalized spacial score (nSPS) is 17.7. The van der Waals surface area contributed by atoms with Gasteiger partial charge in [0.05, 0.1) is 0 Å². The van der Waals surface area contributed by atoms with E-state index < -0.39 is 0 Å². The quantitative estimate of drug-likeness (QED) is 0.866. The van der Waals surface area contributed by atoms with Gasteiger partial charge in [-0.25, -0.2) is 4.98 Å². The highest BCUT2D eigenvalue weighted by atomic mass is 79.9. The molecular weight excluding hydrogens is 254 g/mol. The van der Waals surface area contributed by atoms with Crippen LogP contribution < -0.4 is 10.6 Å². The zero-order chi connectivity index (χ0) is 10.7. The number of nitrogens with zero attached hydrogens (tertiary/aromatic N) is 1. The van der Waals surface area contributed by atoms with E-state index in [4.69, 9.17) is 0 Å². The summed E-state index contributed by atoms with van der Waals surface area (Å²) in [6.45, 7) is 4.29. The number of nitrogens with one attached hydrogen (secondary N) is 2. The van der Waals surface area contributed by atoms with Crippen LogP contribution in [0.1, 0.15) is 18.4 Å². The molecule has 82 valence electrons. The monoisotopic (exact) mass is 269 g/mol. The third kappa shape index (κ3) is 2.92. The molecule has 0 unspecified atom stereocenters. The Balaban J connectivity index is 2.00. The van der Waals surface area contributed by atoms with E-state index in [0.29, 0.717) is 6.04 Å². The highest BCUT2D eigenvalue weighted by Gasteiger charge is 2.12. The van der Waals surface area contributed by atoms with E-state index >= 15 is 0 Å². The summed E-state index contributed by atoms with van der Waals surface area (Å²) in [5, 5.41) is 6.83. The largest absolute Gasteiger partial charge is 0.367 e. The Bertz CT molecular complexity index is 335. The van der Waals surface area contributed by atoms with Crippen LogP contribution in [-0.4, -0.2) is 24.1 Å². The van der Waals surface area contributed by atoms with Crippen molar-refractivity contribution in [1.82, 2.24) is 10.3 Å². The minimum Gasteiger partial charge on any atom is -0.367 e. The van der Waals surface area contributed by atoms with Gasteiger partial charge in [-0.05, 0) is 60.4 Å². The van der Waals surface area contributed by atoms with Crippen molar-refractivity contribution in [3.05, 3.63) is 22.3 Å². The molecule has 0 amide bonds. The van der Waals surface area contributed by atoms with E-state index in [2.05, 4.69) is 44.5 Å². The molecule has 0 aromatic carbocycles. The van der Waals surface area contributed by atoms with Crippen LogP contribution in [0.3, 0.4) is 0 Å². The van der Waals surface area contributed by atoms with Gasteiger partial charge < -0.3 is 10.6 Å². The first-order valence-electron chi connectivity index (χ1n) is 5.35. The third-order valence-electron chi connectivity index (χ3n) is 2.74. The first-order valence-corrected chi connectivity index (χ1v) is 6.14. The maximum atomic E-state index is 4.35. The van der Waals surface area contributed by atoms with Crippen LogP contribution >= 0.6 is 15.9 Å². The molecule has 3 nitrogen and oxygen atoms in total. The molecule has 0 radical (unpaired) electrons. The standard InChI is InChI=1S/C11H16BrN3/c1-8-6-11(14-7-10(8)12)15-9-2-4-13-5-3-9/h6-7,9,13H,2-5H2,1H3,(H,14,15). The lowest BCUT2D eigenvalue weighted by molar-refractivity contribution is 0.478. The molecule has 0 aliphatic carbocycles. The molecule has 4 heteroatoms. The lowest BCUT2D eigenvalue weighted by atomic mass is 10.1. The van der Waals surface area contributed by atoms with Crippen molar-refractivity contribution >= 4 is 21.7 Å². The van der Waals surface area contributed by atoms with E-state index in [1.54, 1.807) is 0 Å². The molecule has 1 aromatic heterocycles. The van der Waals surface area contributed by atoms with Crippen LogP contribution in [0, 0.1) is 6.92 Å². The molecule has 1 saturated heterocycles. The van der Waals surface area contributed by atoms with Crippen molar-refractivity contribution in [3.8, 4) is 0 Å². The van der Waals surface area contributed by atoms with Gasteiger partial charge in [0.1, 0.15) is 5.82 Å². The van der Waals surface area contributed by atoms with Crippen molar-refractivity contribution in [2.45, 2.75) is 25.8 Å². The molecular formula is C11H16BrN3. The lowest BCUT2D eigenvalue weighted by Gasteiger charge is -2.24. The van der Waals surface area contributed by atoms with Crippen molar-refractivity contribution in [2.24, 2.45) is 0 Å². The highest BCUT2D eigenvalue weighted by Crippen LogP contribution is 2.18. The fraction of sp³-hybridized carbons (Fsp3) is 0.545. The zero-order valence-electron chi connectivity index (χ0n) is 8.89. The molecule has 0 spiro atoms. The number of hydrogen-bond donors (Lipinski definition) is 2. The van der Waals surface area contributed by atoms with Gasteiger partial charge >= 0.3 is 0 Å². The maximum absolute atomic E-state index is 4.35. The first kappa shape index (κ1) is 10.9. The Morgan fingerprint density at radius 2 is 2.20 bits per heavy atom. The zero-order valence-corrected chi connectivity index (χ0v) is 10.5. The smallest absolute Gasteiger partial charge is 0.126 e. The van der Waals surface area contributed by atoms with Crippen molar-refractivity contribution in [1.29, 1.82) is 0 Å². The Morgan fingerprint density at radius 1 is 1.47 bits per heavy atom. The summed E-state index contributed by atoms with van der Waals surface area (Å²) in [5.74, 6) is 0.989. The van der Waals surface area contributed by atoms with Crippen LogP contribution in [0.15, 0.2) is 16.7 Å². The Hall–Kier alpha value is -0.610. The average Bonchev–Trinajstić information content (AvgIpc) is 2.25. The summed E-state index contributed by atoms with van der Waals surface area (Å²) in [7, 11) is 0. The summed E-state index contributed by atoms with van der Waals surface area (Å²) >= 11 is 3.45. The van der Waals surface area contributed by atoms with Crippen LogP contribution in [0.4, 0.5) is 5.82 Å². The predicted octanol–water partition coefficient (Wildman–Crippen LogP) is 2.32. The van der Waals surface area contributed by atoms with Gasteiger partial charge in [-0.1, -0.05) is 0 Å². The molecule has 2 rings (SSSR count). The molecule has 0 atom stereocenters. The fourth-order valence-corrected chi connectivity index (χ4v) is 2.01. The Labute approximate surface area is 98.8 Å². The minimum absolute atomic E-state index is 0.569. The molecule has 1 aromatic rings. The molecule has 0 saturated carbocycles. The summed E-state index contributed by atoms with van der Waals surface area (Å²) in [5.41, 5.74) is 1.22. The second-order valence-electron chi connectivity index (χ2n) is 3.99. The number of anilines is 1. The maximum Gasteiger partial charge on any atom is 0.126 e. The molecule has 1 aliphatic heterocycles. The summed E-state index contributed by atoms with van der Waals surface area (Å²) < 4.78 is 1.07. The average molecular weight is 270 g/mol. The van der Waals surface area contributed by atoms with Gasteiger partial charge in [0.25, 0.3) is 0 Å². The number of halogens is 1. The summed E-state index contributed by atoms with van der Waals surface area (Å²) in [6, 6.07) is 2.66. The number of pyridine rings is 1. The van der Waals surface area contributed by atoms with Crippen molar-refractivity contribution < 1.29 is 0 Å². The number of hydrogen-bond acceptors (Lipinski definition) is 3. The van der Waals surface area contributed by atoms with E-state index in [1.165, 1.54) is 18.4 Å². The molecule has 0 bridgehead atoms. The van der Waals surface area contributed by atoms with Crippen molar-refractivity contribution in [3.63, 3.8) is 0 Å². The van der Waals surface area contributed by atoms with Gasteiger partial charge in [0.2, 0.25) is 0 Å².